The quantitative estimate of drug-likeness (QED) is 0.370. The molecule has 4 aliphatic rings. The van der Waals surface area contributed by atoms with Crippen LogP contribution in [0.4, 0.5) is 14.4 Å². The molecule has 5 N–H and O–H groups in total. The number of benzene rings is 1. The summed E-state index contributed by atoms with van der Waals surface area (Å²) in [6, 6.07) is 9.05. The first-order chi connectivity index (χ1) is 19.1. The number of urea groups is 2. The minimum absolute atomic E-state index is 0.0250. The van der Waals surface area contributed by atoms with Gasteiger partial charge < -0.3 is 45.6 Å². The highest BCUT2D eigenvalue weighted by molar-refractivity contribution is 5.76. The van der Waals surface area contributed by atoms with E-state index in [1.807, 2.05) is 58.0 Å². The van der Waals surface area contributed by atoms with Crippen molar-refractivity contribution in [1.29, 1.82) is 0 Å². The summed E-state index contributed by atoms with van der Waals surface area (Å²) in [6.07, 6.45) is -0.0346. The van der Waals surface area contributed by atoms with Gasteiger partial charge in [-0.1, -0.05) is 30.3 Å². The second kappa shape index (κ2) is 13.0. The third-order valence-corrected chi connectivity index (χ3v) is 7.82. The van der Waals surface area contributed by atoms with E-state index in [0.717, 1.165) is 18.5 Å². The average Bonchev–Trinajstić information content (AvgIpc) is 3.67. The Labute approximate surface area is 236 Å². The van der Waals surface area contributed by atoms with Crippen molar-refractivity contribution in [3.05, 3.63) is 35.9 Å². The molecule has 0 aliphatic carbocycles. The topological polar surface area (TPSA) is 147 Å². The van der Waals surface area contributed by atoms with E-state index in [1.54, 1.807) is 14.7 Å². The van der Waals surface area contributed by atoms with Gasteiger partial charge in [0.1, 0.15) is 6.61 Å². The summed E-state index contributed by atoms with van der Waals surface area (Å²) in [7, 11) is 0. The number of hydrogen-bond acceptors (Lipinski definition) is 7. The van der Waals surface area contributed by atoms with Crippen LogP contribution in [0.2, 0.25) is 0 Å². The zero-order chi connectivity index (χ0) is 29.0. The fraction of sp³-hybridized carbons (Fsp3) is 0.679. The van der Waals surface area contributed by atoms with Crippen LogP contribution in [-0.2, 0) is 11.3 Å². The maximum atomic E-state index is 12.4. The highest BCUT2D eigenvalue weighted by Crippen LogP contribution is 2.32. The molecule has 12 heteroatoms. The number of rotatable bonds is 4. The molecule has 0 bridgehead atoms. The molecule has 0 spiro atoms. The Morgan fingerprint density at radius 3 is 2.12 bits per heavy atom. The van der Waals surface area contributed by atoms with Gasteiger partial charge in [0, 0.05) is 18.6 Å². The van der Waals surface area contributed by atoms with E-state index >= 15 is 0 Å². The molecule has 0 radical (unpaired) electrons. The number of carbonyl (C=O) groups is 3. The third-order valence-electron chi connectivity index (χ3n) is 7.82. The summed E-state index contributed by atoms with van der Waals surface area (Å²) in [4.78, 5) is 41.5. The summed E-state index contributed by atoms with van der Waals surface area (Å²) in [5, 5.41) is 29.1. The van der Waals surface area contributed by atoms with E-state index < -0.39 is 24.3 Å². The van der Waals surface area contributed by atoms with Crippen LogP contribution in [0, 0.1) is 0 Å². The lowest BCUT2D eigenvalue weighted by Gasteiger charge is -2.26. The van der Waals surface area contributed by atoms with E-state index in [9.17, 15) is 24.6 Å². The van der Waals surface area contributed by atoms with Gasteiger partial charge in [-0.25, -0.2) is 14.4 Å². The maximum absolute atomic E-state index is 12.4. The molecular weight excluding hydrogens is 516 g/mol. The number of hydrogen-bond donors (Lipinski definition) is 5. The van der Waals surface area contributed by atoms with Crippen LogP contribution >= 0.6 is 0 Å². The van der Waals surface area contributed by atoms with Crippen molar-refractivity contribution in [2.45, 2.75) is 95.6 Å². The van der Waals surface area contributed by atoms with Gasteiger partial charge in [-0.3, -0.25) is 0 Å². The first kappa shape index (κ1) is 29.9. The average molecular weight is 561 g/mol. The van der Waals surface area contributed by atoms with Crippen LogP contribution in [0.15, 0.2) is 30.3 Å². The minimum Gasteiger partial charge on any atom is -0.445 e. The first-order valence-corrected chi connectivity index (χ1v) is 14.3. The Morgan fingerprint density at radius 2 is 1.50 bits per heavy atom. The Bertz CT molecular complexity index is 1030. The van der Waals surface area contributed by atoms with Gasteiger partial charge in [0.15, 0.2) is 0 Å². The van der Waals surface area contributed by atoms with Crippen molar-refractivity contribution < 1.29 is 29.3 Å². The van der Waals surface area contributed by atoms with Crippen molar-refractivity contribution in [2.24, 2.45) is 0 Å². The lowest BCUT2D eigenvalue weighted by atomic mass is 10.1. The molecular formula is C28H44N6O6. The Balaban J connectivity index is 0.000000210. The number of ether oxygens (including phenoxy) is 1. The number of fused-ring (bicyclic) bond motifs is 2. The van der Waals surface area contributed by atoms with Gasteiger partial charge in [-0.2, -0.15) is 0 Å². The number of carbonyl (C=O) groups excluding carboxylic acids is 3. The molecule has 0 saturated carbocycles. The minimum atomic E-state index is -0.755. The Hall–Kier alpha value is -3.09. The normalized spacial score (nSPS) is 28.8. The largest absolute Gasteiger partial charge is 0.445 e. The summed E-state index contributed by atoms with van der Waals surface area (Å²) in [5.41, 5.74) is 0.913. The van der Waals surface area contributed by atoms with Gasteiger partial charge in [0.2, 0.25) is 0 Å². The molecule has 1 aromatic carbocycles. The molecule has 12 nitrogen and oxygen atoms in total. The zero-order valence-corrected chi connectivity index (χ0v) is 23.8. The lowest BCUT2D eigenvalue weighted by molar-refractivity contribution is 0.0610. The molecule has 4 aliphatic heterocycles. The van der Waals surface area contributed by atoms with Gasteiger partial charge >= 0.3 is 18.2 Å². The molecule has 5 amide bonds. The smallest absolute Gasteiger partial charge is 0.410 e. The number of aliphatic hydroxyl groups is 2. The fourth-order valence-electron chi connectivity index (χ4n) is 6.10. The summed E-state index contributed by atoms with van der Waals surface area (Å²) in [5.74, 6) is 0. The molecule has 222 valence electrons. The van der Waals surface area contributed by atoms with Gasteiger partial charge in [-0.05, 0) is 52.6 Å². The number of nitrogens with one attached hydrogen (secondary N) is 3. The van der Waals surface area contributed by atoms with E-state index in [0.29, 0.717) is 19.5 Å². The van der Waals surface area contributed by atoms with Crippen molar-refractivity contribution in [3.63, 3.8) is 0 Å². The number of aliphatic hydroxyl groups excluding tert-OH is 2. The highest BCUT2D eigenvalue weighted by Gasteiger charge is 2.52. The van der Waals surface area contributed by atoms with Crippen molar-refractivity contribution in [1.82, 2.24) is 30.7 Å². The number of nitrogens with zero attached hydrogens (tertiary/aromatic N) is 3. The summed E-state index contributed by atoms with van der Waals surface area (Å²) >= 11 is 0. The lowest BCUT2D eigenvalue weighted by Crippen LogP contribution is -2.47. The highest BCUT2D eigenvalue weighted by atomic mass is 16.6. The molecule has 5 rings (SSSR count). The molecule has 40 heavy (non-hydrogen) atoms. The summed E-state index contributed by atoms with van der Waals surface area (Å²) in [6.45, 7) is 9.90. The van der Waals surface area contributed by atoms with Crippen molar-refractivity contribution in [3.8, 4) is 0 Å². The van der Waals surface area contributed by atoms with Gasteiger partial charge in [0.05, 0.1) is 49.5 Å². The van der Waals surface area contributed by atoms with E-state index in [4.69, 9.17) is 4.74 Å². The monoisotopic (exact) mass is 560 g/mol. The van der Waals surface area contributed by atoms with Crippen LogP contribution in [0.5, 0.6) is 0 Å². The van der Waals surface area contributed by atoms with Gasteiger partial charge in [0.25, 0.3) is 0 Å². The number of likely N-dealkylation sites (tertiary alicyclic amines) is 3. The van der Waals surface area contributed by atoms with Crippen LogP contribution in [0.3, 0.4) is 0 Å². The number of β-amino-alcohol motifs (C(OH)–C–C–N with tert-alkyl or cyclic N) is 2. The Morgan fingerprint density at radius 1 is 0.900 bits per heavy atom. The van der Waals surface area contributed by atoms with Crippen LogP contribution in [0.1, 0.15) is 46.1 Å². The van der Waals surface area contributed by atoms with Gasteiger partial charge in [-0.15, -0.1) is 0 Å². The van der Waals surface area contributed by atoms with E-state index in [1.165, 1.54) is 0 Å². The Kier molecular flexibility index (Phi) is 9.75. The molecule has 4 saturated heterocycles. The molecule has 1 aromatic rings. The second-order valence-corrected chi connectivity index (χ2v) is 11.6. The molecule has 0 unspecified atom stereocenters. The van der Waals surface area contributed by atoms with Crippen LogP contribution < -0.4 is 16.0 Å². The number of amides is 5. The maximum Gasteiger partial charge on any atom is 0.410 e. The van der Waals surface area contributed by atoms with Crippen molar-refractivity contribution in [2.75, 3.05) is 26.2 Å². The summed E-state index contributed by atoms with van der Waals surface area (Å²) < 4.78 is 5.39. The second-order valence-electron chi connectivity index (χ2n) is 11.6. The van der Waals surface area contributed by atoms with Crippen LogP contribution in [0.25, 0.3) is 0 Å². The predicted molar refractivity (Wildman–Crippen MR) is 148 cm³/mol. The predicted octanol–water partition coefficient (Wildman–Crippen LogP) is 1.07. The molecule has 4 fully saturated rings. The zero-order valence-electron chi connectivity index (χ0n) is 23.8. The van der Waals surface area contributed by atoms with E-state index in [-0.39, 0.29) is 55.4 Å². The van der Waals surface area contributed by atoms with Crippen molar-refractivity contribution >= 4 is 18.2 Å². The SMILES string of the molecule is CC(C)NC(=O)N1C[C@H](O)[C@@H]2[C@H]1CCN2C(=O)OCc1ccccc1.CC(C)NC(=O)N1C[C@H](O)[C@H]2NCC[C@H]21. The molecule has 6 atom stereocenters. The third kappa shape index (κ3) is 6.79. The standard InChI is InChI=1S/C18H25N3O4.C10H19N3O2/c1-12(2)19-17(23)21-10-15(22)16-14(21)8-9-20(16)18(24)25-11-13-6-4-3-5-7-13;1-6(2)12-10(15)13-5-8(14)9-7(13)3-4-11-9/h3-7,12,14-16,22H,8-11H2,1-2H3,(H,19,23);6-9,11,14H,3-5H2,1-2H3,(H,12,15)/t14-,15+,16+;7-,8+,9+/m11/s1. The molecule has 4 heterocycles. The first-order valence-electron chi connectivity index (χ1n) is 14.3. The fourth-order valence-corrected chi connectivity index (χ4v) is 6.10. The van der Waals surface area contributed by atoms with Crippen LogP contribution in [-0.4, -0.2) is 118 Å². The van der Waals surface area contributed by atoms with E-state index in [2.05, 4.69) is 16.0 Å². The molecule has 0 aromatic heterocycles.